The molecule has 92 valence electrons. The predicted octanol–water partition coefficient (Wildman–Crippen LogP) is 1.66. The number of ether oxygens (including phenoxy) is 2. The van der Waals surface area contributed by atoms with Crippen LogP contribution in [0.15, 0.2) is 12.1 Å². The predicted molar refractivity (Wildman–Crippen MR) is 58.4 cm³/mol. The molecule has 1 aliphatic rings. The van der Waals surface area contributed by atoms with Crippen molar-refractivity contribution < 1.29 is 19.4 Å². The normalized spacial score (nSPS) is 18.4. The topological polar surface area (TPSA) is 67.8 Å². The fourth-order valence-corrected chi connectivity index (χ4v) is 1.36. The van der Waals surface area contributed by atoms with E-state index in [1.165, 1.54) is 6.26 Å². The van der Waals surface area contributed by atoms with E-state index in [2.05, 4.69) is 5.32 Å². The molecule has 16 heavy (non-hydrogen) atoms. The zero-order valence-corrected chi connectivity index (χ0v) is 10.2. The number of nitrogens with one attached hydrogen (secondary N) is 1. The Morgan fingerprint density at radius 3 is 2.69 bits per heavy atom. The molecule has 0 aliphatic carbocycles. The molecule has 1 aliphatic heterocycles. The van der Waals surface area contributed by atoms with Gasteiger partial charge in [-0.05, 0) is 13.8 Å². The van der Waals surface area contributed by atoms with Crippen LogP contribution < -0.4 is 5.32 Å². The van der Waals surface area contributed by atoms with Crippen LogP contribution in [0.5, 0.6) is 0 Å². The van der Waals surface area contributed by atoms with Crippen LogP contribution in [0, 0.1) is 5.41 Å². The van der Waals surface area contributed by atoms with E-state index in [9.17, 15) is 4.79 Å². The Balaban J connectivity index is 2.38. The Labute approximate surface area is 95.4 Å². The molecular formula is C11H19NO4. The molecule has 0 unspecified atom stereocenters. The molecule has 1 heterocycles. The van der Waals surface area contributed by atoms with E-state index < -0.39 is 17.1 Å². The lowest BCUT2D eigenvalue weighted by atomic mass is 9.91. The minimum atomic E-state index is -0.821. The van der Waals surface area contributed by atoms with Crippen LogP contribution in [0.2, 0.25) is 0 Å². The number of hydrogen-bond acceptors (Lipinski definition) is 4. The fourth-order valence-electron chi connectivity index (χ4n) is 1.36. The van der Waals surface area contributed by atoms with Gasteiger partial charge in [-0.1, -0.05) is 13.8 Å². The molecule has 0 atom stereocenters. The maximum Gasteiger partial charge on any atom is 0.304 e. The molecule has 0 aromatic heterocycles. The Hall–Kier alpha value is -1.39. The summed E-state index contributed by atoms with van der Waals surface area (Å²) in [6, 6.07) is 0. The van der Waals surface area contributed by atoms with Gasteiger partial charge in [-0.3, -0.25) is 4.79 Å². The average molecular weight is 229 g/mol. The first-order chi connectivity index (χ1) is 7.20. The summed E-state index contributed by atoms with van der Waals surface area (Å²) in [5.41, 5.74) is -0.854. The van der Waals surface area contributed by atoms with Gasteiger partial charge >= 0.3 is 5.97 Å². The Bertz CT molecular complexity index is 307. The van der Waals surface area contributed by atoms with Crippen molar-refractivity contribution in [3.05, 3.63) is 12.1 Å². The van der Waals surface area contributed by atoms with Crippen molar-refractivity contribution in [2.45, 2.75) is 39.8 Å². The summed E-state index contributed by atoms with van der Waals surface area (Å²) >= 11 is 0. The van der Waals surface area contributed by atoms with Crippen LogP contribution in [-0.4, -0.2) is 23.4 Å². The number of aliphatic carboxylic acids is 1. The lowest BCUT2D eigenvalue weighted by Crippen LogP contribution is -2.36. The summed E-state index contributed by atoms with van der Waals surface area (Å²) in [7, 11) is 0. The first-order valence-corrected chi connectivity index (χ1v) is 5.21. The molecule has 5 nitrogen and oxygen atoms in total. The third kappa shape index (κ3) is 4.00. The zero-order valence-electron chi connectivity index (χ0n) is 10.2. The fraction of sp³-hybridized carbons (Fsp3) is 0.727. The summed E-state index contributed by atoms with van der Waals surface area (Å²) in [4.78, 5) is 10.6. The van der Waals surface area contributed by atoms with Gasteiger partial charge in [0, 0.05) is 5.41 Å². The molecule has 0 saturated heterocycles. The van der Waals surface area contributed by atoms with Gasteiger partial charge < -0.3 is 19.9 Å². The number of carboxylic acid groups (broad SMARTS) is 1. The highest BCUT2D eigenvalue weighted by atomic mass is 16.6. The molecule has 0 saturated carbocycles. The van der Waals surface area contributed by atoms with Crippen molar-refractivity contribution in [2.24, 2.45) is 5.41 Å². The van der Waals surface area contributed by atoms with Crippen LogP contribution in [0.3, 0.4) is 0 Å². The van der Waals surface area contributed by atoms with E-state index in [0.29, 0.717) is 12.5 Å². The standard InChI is InChI=1S/C11H19NO4/c1-10(2,5-9(13)14)7-15-8-6-16-11(3,4)12-8/h6,12H,5,7H2,1-4H3,(H,13,14). The molecule has 0 aromatic carbocycles. The van der Waals surface area contributed by atoms with Crippen molar-refractivity contribution in [2.75, 3.05) is 6.61 Å². The first kappa shape index (κ1) is 12.7. The van der Waals surface area contributed by atoms with E-state index in [1.807, 2.05) is 27.7 Å². The molecule has 0 fully saturated rings. The maximum absolute atomic E-state index is 10.6. The molecule has 1 rings (SSSR count). The maximum atomic E-state index is 10.6. The second-order valence-electron chi connectivity index (χ2n) is 5.26. The smallest absolute Gasteiger partial charge is 0.304 e. The van der Waals surface area contributed by atoms with E-state index in [1.54, 1.807) is 0 Å². The second kappa shape index (κ2) is 4.23. The summed E-state index contributed by atoms with van der Waals surface area (Å²) < 4.78 is 10.8. The quantitative estimate of drug-likeness (QED) is 0.750. The van der Waals surface area contributed by atoms with E-state index in [0.717, 1.165) is 0 Å². The third-order valence-corrected chi connectivity index (χ3v) is 2.13. The van der Waals surface area contributed by atoms with Gasteiger partial charge in [0.25, 0.3) is 0 Å². The number of carbonyl (C=O) groups is 1. The van der Waals surface area contributed by atoms with Gasteiger partial charge in [-0.2, -0.15) is 0 Å². The van der Waals surface area contributed by atoms with Crippen LogP contribution in [0.1, 0.15) is 34.1 Å². The van der Waals surface area contributed by atoms with Crippen LogP contribution in [0.25, 0.3) is 0 Å². The summed E-state index contributed by atoms with van der Waals surface area (Å²) in [5, 5.41) is 11.7. The van der Waals surface area contributed by atoms with Crippen molar-refractivity contribution >= 4 is 5.97 Å². The second-order valence-corrected chi connectivity index (χ2v) is 5.26. The monoisotopic (exact) mass is 229 g/mol. The van der Waals surface area contributed by atoms with Crippen LogP contribution in [-0.2, 0) is 14.3 Å². The lowest BCUT2D eigenvalue weighted by Gasteiger charge is -2.24. The van der Waals surface area contributed by atoms with Gasteiger partial charge in [-0.25, -0.2) is 0 Å². The molecule has 0 amide bonds. The minimum Gasteiger partial charge on any atom is -0.481 e. The SMILES string of the molecule is CC(C)(COC1=COC(C)(C)N1)CC(=O)O. The number of rotatable bonds is 5. The lowest BCUT2D eigenvalue weighted by molar-refractivity contribution is -0.140. The average Bonchev–Trinajstić information content (AvgIpc) is 2.40. The van der Waals surface area contributed by atoms with Crippen LogP contribution in [0.4, 0.5) is 0 Å². The molecule has 5 heteroatoms. The zero-order chi connectivity index (χ0) is 12.4. The van der Waals surface area contributed by atoms with Crippen LogP contribution >= 0.6 is 0 Å². The third-order valence-electron chi connectivity index (χ3n) is 2.13. The highest BCUT2D eigenvalue weighted by Crippen LogP contribution is 2.23. The van der Waals surface area contributed by atoms with Crippen molar-refractivity contribution in [3.8, 4) is 0 Å². The molecule has 0 spiro atoms. The Kier molecular flexibility index (Phi) is 3.35. The summed E-state index contributed by atoms with van der Waals surface area (Å²) in [5.74, 6) is -0.276. The largest absolute Gasteiger partial charge is 0.481 e. The highest BCUT2D eigenvalue weighted by molar-refractivity contribution is 5.67. The first-order valence-electron chi connectivity index (χ1n) is 5.21. The van der Waals surface area contributed by atoms with Gasteiger partial charge in [0.05, 0.1) is 13.0 Å². The highest BCUT2D eigenvalue weighted by Gasteiger charge is 2.28. The Morgan fingerprint density at radius 2 is 2.25 bits per heavy atom. The Morgan fingerprint density at radius 1 is 1.62 bits per heavy atom. The van der Waals surface area contributed by atoms with Gasteiger partial charge in [0.1, 0.15) is 6.26 Å². The summed E-state index contributed by atoms with van der Waals surface area (Å²) in [6.45, 7) is 7.79. The molecule has 0 radical (unpaired) electrons. The van der Waals surface area contributed by atoms with E-state index in [4.69, 9.17) is 14.6 Å². The van der Waals surface area contributed by atoms with Crippen molar-refractivity contribution in [1.82, 2.24) is 5.32 Å². The molecular weight excluding hydrogens is 210 g/mol. The molecule has 2 N–H and O–H groups in total. The molecule has 0 aromatic rings. The van der Waals surface area contributed by atoms with Gasteiger partial charge in [0.15, 0.2) is 5.72 Å². The van der Waals surface area contributed by atoms with E-state index >= 15 is 0 Å². The summed E-state index contributed by atoms with van der Waals surface area (Å²) in [6.07, 6.45) is 1.58. The van der Waals surface area contributed by atoms with Gasteiger partial charge in [0.2, 0.25) is 5.88 Å². The number of carboxylic acids is 1. The van der Waals surface area contributed by atoms with E-state index in [-0.39, 0.29) is 6.42 Å². The van der Waals surface area contributed by atoms with Crippen molar-refractivity contribution in [3.63, 3.8) is 0 Å². The molecule has 0 bridgehead atoms. The number of hydrogen-bond donors (Lipinski definition) is 2. The van der Waals surface area contributed by atoms with Gasteiger partial charge in [-0.15, -0.1) is 0 Å². The van der Waals surface area contributed by atoms with Crippen molar-refractivity contribution in [1.29, 1.82) is 0 Å². The minimum absolute atomic E-state index is 0.0739.